The molecule has 0 aliphatic rings. The standard InChI is InChI=1S/C9H12N2OS/c1-7-3-5-8(6-4-7)11(13)9(12)10-2/h3-6,13H,1-2H3,(H,10,12). The van der Waals surface area contributed by atoms with E-state index < -0.39 is 0 Å². The third kappa shape index (κ3) is 2.39. The smallest absolute Gasteiger partial charge is 0.331 e. The molecular formula is C9H12N2OS. The highest BCUT2D eigenvalue weighted by atomic mass is 32.1. The van der Waals surface area contributed by atoms with Crippen LogP contribution in [0.4, 0.5) is 10.5 Å². The first kappa shape index (κ1) is 9.92. The van der Waals surface area contributed by atoms with Crippen LogP contribution >= 0.6 is 12.8 Å². The zero-order valence-electron chi connectivity index (χ0n) is 7.61. The molecule has 1 aromatic carbocycles. The molecule has 0 heterocycles. The topological polar surface area (TPSA) is 32.3 Å². The Balaban J connectivity index is 2.83. The number of urea groups is 1. The second-order valence-corrected chi connectivity index (χ2v) is 3.10. The number of nitrogens with zero attached hydrogens (tertiary/aromatic N) is 1. The van der Waals surface area contributed by atoms with Crippen molar-refractivity contribution in [2.24, 2.45) is 0 Å². The molecule has 0 aliphatic carbocycles. The minimum atomic E-state index is -0.243. The van der Waals surface area contributed by atoms with Gasteiger partial charge in [0, 0.05) is 7.05 Å². The van der Waals surface area contributed by atoms with E-state index in [0.717, 1.165) is 11.3 Å². The van der Waals surface area contributed by atoms with E-state index in [9.17, 15) is 4.79 Å². The number of thiol groups is 1. The van der Waals surface area contributed by atoms with Crippen molar-refractivity contribution < 1.29 is 4.79 Å². The van der Waals surface area contributed by atoms with Gasteiger partial charge in [0.05, 0.1) is 5.69 Å². The molecule has 0 bridgehead atoms. The summed E-state index contributed by atoms with van der Waals surface area (Å²) in [5, 5.41) is 2.49. The first-order chi connectivity index (χ1) is 6.15. The lowest BCUT2D eigenvalue weighted by atomic mass is 10.2. The SMILES string of the molecule is CNC(=O)N(S)c1ccc(C)cc1. The van der Waals surface area contributed by atoms with Crippen LogP contribution in [-0.2, 0) is 0 Å². The maximum Gasteiger partial charge on any atom is 0.331 e. The Labute approximate surface area is 83.3 Å². The Morgan fingerprint density at radius 3 is 2.38 bits per heavy atom. The number of aryl methyl sites for hydroxylation is 1. The van der Waals surface area contributed by atoms with Crippen molar-refractivity contribution in [3.63, 3.8) is 0 Å². The fourth-order valence-corrected chi connectivity index (χ4v) is 1.14. The van der Waals surface area contributed by atoms with Gasteiger partial charge >= 0.3 is 6.03 Å². The van der Waals surface area contributed by atoms with Crippen molar-refractivity contribution in [3.8, 4) is 0 Å². The molecule has 0 radical (unpaired) electrons. The highest BCUT2D eigenvalue weighted by Crippen LogP contribution is 2.16. The van der Waals surface area contributed by atoms with Gasteiger partial charge in [0.15, 0.2) is 0 Å². The Morgan fingerprint density at radius 2 is 1.92 bits per heavy atom. The van der Waals surface area contributed by atoms with Crippen LogP contribution < -0.4 is 9.62 Å². The summed E-state index contributed by atoms with van der Waals surface area (Å²) in [6.07, 6.45) is 0. The lowest BCUT2D eigenvalue weighted by Gasteiger charge is -2.14. The van der Waals surface area contributed by atoms with Crippen molar-refractivity contribution in [3.05, 3.63) is 29.8 Å². The monoisotopic (exact) mass is 196 g/mol. The van der Waals surface area contributed by atoms with Crippen molar-refractivity contribution >= 4 is 24.5 Å². The number of hydrogen-bond donors (Lipinski definition) is 2. The minimum absolute atomic E-state index is 0.243. The zero-order valence-corrected chi connectivity index (χ0v) is 8.51. The summed E-state index contributed by atoms with van der Waals surface area (Å²) in [6, 6.07) is 7.31. The Hall–Kier alpha value is -1.16. The molecular weight excluding hydrogens is 184 g/mol. The quantitative estimate of drug-likeness (QED) is 0.661. The van der Waals surface area contributed by atoms with Gasteiger partial charge in [-0.25, -0.2) is 9.10 Å². The molecule has 1 rings (SSSR count). The molecule has 0 spiro atoms. The normalized spacial score (nSPS) is 9.46. The van der Waals surface area contributed by atoms with Crippen molar-refractivity contribution in [2.75, 3.05) is 11.4 Å². The molecule has 0 aliphatic heterocycles. The average Bonchev–Trinajstić information content (AvgIpc) is 2.17. The number of amides is 2. The highest BCUT2D eigenvalue weighted by Gasteiger charge is 2.08. The molecule has 3 nitrogen and oxygen atoms in total. The highest BCUT2D eigenvalue weighted by molar-refractivity contribution is 7.82. The number of anilines is 1. The van der Waals surface area contributed by atoms with Crippen LogP contribution in [0.25, 0.3) is 0 Å². The second kappa shape index (κ2) is 4.18. The first-order valence-electron chi connectivity index (χ1n) is 3.92. The Morgan fingerprint density at radius 1 is 1.38 bits per heavy atom. The zero-order chi connectivity index (χ0) is 9.84. The molecule has 13 heavy (non-hydrogen) atoms. The maximum atomic E-state index is 11.1. The predicted molar refractivity (Wildman–Crippen MR) is 57.1 cm³/mol. The summed E-state index contributed by atoms with van der Waals surface area (Å²) in [5.74, 6) is 0. The minimum Gasteiger partial charge on any atom is -0.340 e. The van der Waals surface area contributed by atoms with Gasteiger partial charge in [0.25, 0.3) is 0 Å². The average molecular weight is 196 g/mol. The Kier molecular flexibility index (Phi) is 3.19. The number of rotatable bonds is 1. The van der Waals surface area contributed by atoms with E-state index >= 15 is 0 Å². The van der Waals surface area contributed by atoms with Gasteiger partial charge in [-0.2, -0.15) is 0 Å². The summed E-state index contributed by atoms with van der Waals surface area (Å²) in [6.45, 7) is 1.99. The molecule has 2 amide bonds. The lowest BCUT2D eigenvalue weighted by molar-refractivity contribution is 0.252. The van der Waals surface area contributed by atoms with Gasteiger partial charge < -0.3 is 5.32 Å². The van der Waals surface area contributed by atoms with Crippen molar-refractivity contribution in [1.29, 1.82) is 0 Å². The van der Waals surface area contributed by atoms with E-state index in [4.69, 9.17) is 0 Å². The molecule has 70 valence electrons. The molecule has 1 aromatic rings. The summed E-state index contributed by atoms with van der Waals surface area (Å²) in [7, 11) is 1.57. The van der Waals surface area contributed by atoms with Gasteiger partial charge in [-0.15, -0.1) is 0 Å². The van der Waals surface area contributed by atoms with Crippen LogP contribution in [0.15, 0.2) is 24.3 Å². The summed E-state index contributed by atoms with van der Waals surface area (Å²) in [4.78, 5) is 11.1. The van der Waals surface area contributed by atoms with E-state index in [1.54, 1.807) is 7.05 Å². The molecule has 0 fully saturated rings. The van der Waals surface area contributed by atoms with Gasteiger partial charge in [0.2, 0.25) is 0 Å². The molecule has 0 saturated heterocycles. The van der Waals surface area contributed by atoms with Gasteiger partial charge in [0.1, 0.15) is 0 Å². The van der Waals surface area contributed by atoms with Crippen LogP contribution in [0.2, 0.25) is 0 Å². The van der Waals surface area contributed by atoms with Crippen LogP contribution in [0.1, 0.15) is 5.56 Å². The summed E-state index contributed by atoms with van der Waals surface area (Å²) >= 11 is 4.05. The number of carbonyl (C=O) groups is 1. The first-order valence-corrected chi connectivity index (χ1v) is 4.32. The largest absolute Gasteiger partial charge is 0.340 e. The third-order valence-electron chi connectivity index (χ3n) is 1.68. The molecule has 0 atom stereocenters. The molecule has 0 saturated carbocycles. The van der Waals surface area contributed by atoms with Crippen molar-refractivity contribution in [2.45, 2.75) is 6.92 Å². The van der Waals surface area contributed by atoms with E-state index in [2.05, 4.69) is 18.1 Å². The fourth-order valence-electron chi connectivity index (χ4n) is 0.909. The maximum absolute atomic E-state index is 11.1. The second-order valence-electron chi connectivity index (χ2n) is 2.70. The number of benzene rings is 1. The molecule has 0 unspecified atom stereocenters. The van der Waals surface area contributed by atoms with Crippen LogP contribution in [-0.4, -0.2) is 13.1 Å². The van der Waals surface area contributed by atoms with Gasteiger partial charge in [-0.3, -0.25) is 0 Å². The van der Waals surface area contributed by atoms with Crippen LogP contribution in [0.3, 0.4) is 0 Å². The number of carbonyl (C=O) groups excluding carboxylic acids is 1. The van der Waals surface area contributed by atoms with Crippen LogP contribution in [0, 0.1) is 6.92 Å². The number of hydrogen-bond acceptors (Lipinski definition) is 2. The van der Waals surface area contributed by atoms with Crippen molar-refractivity contribution in [1.82, 2.24) is 5.32 Å². The van der Waals surface area contributed by atoms with E-state index in [-0.39, 0.29) is 6.03 Å². The van der Waals surface area contributed by atoms with Gasteiger partial charge in [-0.1, -0.05) is 30.5 Å². The van der Waals surface area contributed by atoms with E-state index in [1.807, 2.05) is 31.2 Å². The van der Waals surface area contributed by atoms with E-state index in [0.29, 0.717) is 0 Å². The fraction of sp³-hybridized carbons (Fsp3) is 0.222. The molecule has 4 heteroatoms. The Bertz CT molecular complexity index is 297. The third-order valence-corrected chi connectivity index (χ3v) is 2.10. The van der Waals surface area contributed by atoms with Crippen LogP contribution in [0.5, 0.6) is 0 Å². The molecule has 1 N–H and O–H groups in total. The molecule has 0 aromatic heterocycles. The van der Waals surface area contributed by atoms with E-state index in [1.165, 1.54) is 4.31 Å². The van der Waals surface area contributed by atoms with Gasteiger partial charge in [-0.05, 0) is 19.1 Å². The predicted octanol–water partition coefficient (Wildman–Crippen LogP) is 1.99. The summed E-state index contributed by atoms with van der Waals surface area (Å²) in [5.41, 5.74) is 1.91. The lowest BCUT2D eigenvalue weighted by Crippen LogP contribution is -2.30. The number of nitrogens with one attached hydrogen (secondary N) is 1. The summed E-state index contributed by atoms with van der Waals surface area (Å²) < 4.78 is 1.26.